The molecule has 1 fully saturated rings. The predicted molar refractivity (Wildman–Crippen MR) is 116 cm³/mol. The van der Waals surface area contributed by atoms with Gasteiger partial charge in [0.25, 0.3) is 0 Å². The van der Waals surface area contributed by atoms with Crippen molar-refractivity contribution in [1.29, 1.82) is 0 Å². The Hall–Kier alpha value is -3.56. The highest BCUT2D eigenvalue weighted by molar-refractivity contribution is 5.85. The van der Waals surface area contributed by atoms with Crippen LogP contribution in [-0.2, 0) is 4.74 Å². The molecule has 2 unspecified atom stereocenters. The zero-order chi connectivity index (χ0) is 22.1. The van der Waals surface area contributed by atoms with E-state index in [0.717, 1.165) is 6.42 Å². The fourth-order valence-electron chi connectivity index (χ4n) is 3.96. The minimum absolute atomic E-state index is 0.0158. The van der Waals surface area contributed by atoms with Gasteiger partial charge in [-0.05, 0) is 37.1 Å². The van der Waals surface area contributed by atoms with Gasteiger partial charge in [-0.2, -0.15) is 5.10 Å². The first kappa shape index (κ1) is 20.3. The Morgan fingerprint density at radius 2 is 2.00 bits per heavy atom. The molecule has 2 atom stereocenters. The number of ether oxygens (including phenoxy) is 2. The molecule has 3 N–H and O–H groups in total. The fourth-order valence-corrected chi connectivity index (χ4v) is 3.96. The third kappa shape index (κ3) is 3.76. The summed E-state index contributed by atoms with van der Waals surface area (Å²) in [6.07, 6.45) is 2.64. The molecule has 2 aromatic heterocycles. The highest BCUT2D eigenvalue weighted by Gasteiger charge is 2.29. The van der Waals surface area contributed by atoms with E-state index in [0.29, 0.717) is 41.6 Å². The van der Waals surface area contributed by atoms with Crippen LogP contribution in [0.2, 0.25) is 0 Å². The molecule has 0 saturated carbocycles. The van der Waals surface area contributed by atoms with Gasteiger partial charge in [0, 0.05) is 17.5 Å². The molecule has 8 nitrogen and oxygen atoms in total. The molecule has 1 aliphatic rings. The van der Waals surface area contributed by atoms with Crippen LogP contribution in [-0.4, -0.2) is 44.0 Å². The maximum atomic E-state index is 15.2. The number of nitrogen functional groups attached to an aromatic ring is 1. The number of halogens is 1. The van der Waals surface area contributed by atoms with Gasteiger partial charge in [-0.25, -0.2) is 18.9 Å². The zero-order valence-corrected chi connectivity index (χ0v) is 17.2. The number of benzene rings is 2. The fraction of sp³-hybridized carbons (Fsp3) is 0.261. The number of imidazole rings is 1. The number of aliphatic hydroxyl groups excluding tert-OH is 1. The number of rotatable bonds is 5. The topological polar surface area (TPSA) is 108 Å². The van der Waals surface area contributed by atoms with Crippen LogP contribution in [0.4, 0.5) is 10.2 Å². The van der Waals surface area contributed by atoms with E-state index < -0.39 is 5.82 Å². The number of fused-ring (bicyclic) bond motifs is 1. The Bertz CT molecular complexity index is 1240. The molecule has 164 valence electrons. The summed E-state index contributed by atoms with van der Waals surface area (Å²) in [4.78, 5) is 8.80. The van der Waals surface area contributed by atoms with Crippen LogP contribution >= 0.6 is 0 Å². The highest BCUT2D eigenvalue weighted by atomic mass is 19.1. The maximum Gasteiger partial charge on any atom is 0.153 e. The van der Waals surface area contributed by atoms with Crippen LogP contribution in [0.1, 0.15) is 24.6 Å². The quantitative estimate of drug-likeness (QED) is 0.493. The van der Waals surface area contributed by atoms with E-state index in [1.54, 1.807) is 28.8 Å². The summed E-state index contributed by atoms with van der Waals surface area (Å²) in [6, 6.07) is 13.8. The van der Waals surface area contributed by atoms with Crippen molar-refractivity contribution >= 4 is 11.3 Å². The third-order valence-corrected chi connectivity index (χ3v) is 5.60. The van der Waals surface area contributed by atoms with Gasteiger partial charge in [-0.1, -0.05) is 18.2 Å². The molecular formula is C23H22FN5O3. The van der Waals surface area contributed by atoms with Gasteiger partial charge >= 0.3 is 0 Å². The summed E-state index contributed by atoms with van der Waals surface area (Å²) in [5, 5.41) is 13.6. The monoisotopic (exact) mass is 435 g/mol. The first-order chi connectivity index (χ1) is 15.6. The van der Waals surface area contributed by atoms with Gasteiger partial charge in [-0.3, -0.25) is 0 Å². The lowest BCUT2D eigenvalue weighted by atomic mass is 9.98. The first-order valence-corrected chi connectivity index (χ1v) is 10.4. The van der Waals surface area contributed by atoms with E-state index in [4.69, 9.17) is 20.2 Å². The van der Waals surface area contributed by atoms with E-state index in [9.17, 15) is 5.11 Å². The standard InChI is InChI=1S/C23H22FN5O3/c24-19-10-16(32-15-4-2-1-3-5-15)8-9-18(19)20-21-22(25)26-13-27-29(21)23(28-20)14-6-7-17(11-30)31-12-14/h1-5,8-10,13-14,17,30H,6-7,11-12H2,(H2,25,26,27). The number of anilines is 1. The van der Waals surface area contributed by atoms with E-state index in [-0.39, 0.29) is 30.0 Å². The van der Waals surface area contributed by atoms with Crippen LogP contribution in [0.3, 0.4) is 0 Å². The molecule has 32 heavy (non-hydrogen) atoms. The van der Waals surface area contributed by atoms with Crippen LogP contribution in [0, 0.1) is 5.82 Å². The maximum absolute atomic E-state index is 15.2. The number of hydrogen-bond acceptors (Lipinski definition) is 7. The number of aliphatic hydroxyl groups is 1. The van der Waals surface area contributed by atoms with E-state index in [2.05, 4.69) is 10.1 Å². The summed E-state index contributed by atoms with van der Waals surface area (Å²) >= 11 is 0. The molecule has 0 amide bonds. The predicted octanol–water partition coefficient (Wildman–Crippen LogP) is 3.56. The normalized spacial score (nSPS) is 18.7. The number of hydrogen-bond donors (Lipinski definition) is 2. The lowest BCUT2D eigenvalue weighted by Crippen LogP contribution is -2.28. The van der Waals surface area contributed by atoms with Crippen molar-refractivity contribution in [1.82, 2.24) is 19.6 Å². The Morgan fingerprint density at radius 1 is 1.16 bits per heavy atom. The van der Waals surface area contributed by atoms with Crippen molar-refractivity contribution in [3.05, 3.63) is 66.5 Å². The lowest BCUT2D eigenvalue weighted by Gasteiger charge is -2.26. The molecule has 9 heteroatoms. The third-order valence-electron chi connectivity index (χ3n) is 5.60. The number of nitrogens with zero attached hydrogens (tertiary/aromatic N) is 4. The largest absolute Gasteiger partial charge is 0.457 e. The van der Waals surface area contributed by atoms with Crippen molar-refractivity contribution in [3.8, 4) is 22.8 Å². The van der Waals surface area contributed by atoms with Crippen molar-refractivity contribution < 1.29 is 19.0 Å². The molecular weight excluding hydrogens is 413 g/mol. The molecule has 0 aliphatic carbocycles. The van der Waals surface area contributed by atoms with Crippen LogP contribution in [0.15, 0.2) is 54.9 Å². The number of nitrogens with two attached hydrogens (primary N) is 1. The molecule has 3 heterocycles. The first-order valence-electron chi connectivity index (χ1n) is 10.4. The summed E-state index contributed by atoms with van der Waals surface area (Å²) in [6.45, 7) is 0.373. The molecule has 0 spiro atoms. The zero-order valence-electron chi connectivity index (χ0n) is 17.2. The SMILES string of the molecule is Nc1ncnn2c(C3CCC(CO)OC3)nc(-c3ccc(Oc4ccccc4)cc3F)c12. The van der Waals surface area contributed by atoms with E-state index in [1.807, 2.05) is 18.2 Å². The molecule has 0 radical (unpaired) electrons. The van der Waals surface area contributed by atoms with Gasteiger partial charge in [-0.15, -0.1) is 0 Å². The van der Waals surface area contributed by atoms with E-state index >= 15 is 4.39 Å². The second-order valence-corrected chi connectivity index (χ2v) is 7.69. The van der Waals surface area contributed by atoms with Gasteiger partial charge in [0.15, 0.2) is 5.82 Å². The highest BCUT2D eigenvalue weighted by Crippen LogP contribution is 2.36. The number of aromatic nitrogens is 4. The van der Waals surface area contributed by atoms with Gasteiger partial charge in [0.1, 0.15) is 40.7 Å². The summed E-state index contributed by atoms with van der Waals surface area (Å²) < 4.78 is 28.2. The minimum Gasteiger partial charge on any atom is -0.457 e. The molecule has 4 aromatic rings. The summed E-state index contributed by atoms with van der Waals surface area (Å²) in [7, 11) is 0. The van der Waals surface area contributed by atoms with Gasteiger partial charge in [0.2, 0.25) is 0 Å². The van der Waals surface area contributed by atoms with Crippen molar-refractivity contribution in [2.45, 2.75) is 24.9 Å². The number of para-hydroxylation sites is 1. The Kier molecular flexibility index (Phi) is 5.42. The second kappa shape index (κ2) is 8.52. The molecule has 1 aliphatic heterocycles. The van der Waals surface area contributed by atoms with Gasteiger partial charge < -0.3 is 20.3 Å². The minimum atomic E-state index is -0.492. The molecule has 5 rings (SSSR count). The Balaban J connectivity index is 1.53. The average molecular weight is 435 g/mol. The molecule has 1 saturated heterocycles. The average Bonchev–Trinajstić information content (AvgIpc) is 3.21. The summed E-state index contributed by atoms with van der Waals surface area (Å²) in [5.74, 6) is 1.28. The smallest absolute Gasteiger partial charge is 0.153 e. The Labute approximate surface area is 183 Å². The van der Waals surface area contributed by atoms with E-state index in [1.165, 1.54) is 12.4 Å². The van der Waals surface area contributed by atoms with Crippen LogP contribution < -0.4 is 10.5 Å². The Morgan fingerprint density at radius 3 is 2.72 bits per heavy atom. The van der Waals surface area contributed by atoms with Crippen LogP contribution in [0.5, 0.6) is 11.5 Å². The van der Waals surface area contributed by atoms with Crippen molar-refractivity contribution in [2.75, 3.05) is 18.9 Å². The lowest BCUT2D eigenvalue weighted by molar-refractivity contribution is -0.0284. The van der Waals surface area contributed by atoms with Gasteiger partial charge in [0.05, 0.1) is 19.3 Å². The second-order valence-electron chi connectivity index (χ2n) is 7.69. The van der Waals surface area contributed by atoms with Crippen molar-refractivity contribution in [2.24, 2.45) is 0 Å². The summed E-state index contributed by atoms with van der Waals surface area (Å²) in [5.41, 5.74) is 7.23. The van der Waals surface area contributed by atoms with Crippen molar-refractivity contribution in [3.63, 3.8) is 0 Å². The molecule has 0 bridgehead atoms. The molecule has 2 aromatic carbocycles. The van der Waals surface area contributed by atoms with Crippen LogP contribution in [0.25, 0.3) is 16.8 Å².